The summed E-state index contributed by atoms with van der Waals surface area (Å²) in [7, 11) is 1.63. The van der Waals surface area contributed by atoms with E-state index < -0.39 is 0 Å². The molecule has 0 bridgehead atoms. The van der Waals surface area contributed by atoms with Crippen molar-refractivity contribution in [1.82, 2.24) is 24.6 Å². The zero-order valence-electron chi connectivity index (χ0n) is 18.7. The highest BCUT2D eigenvalue weighted by molar-refractivity contribution is 7.15. The Morgan fingerprint density at radius 3 is 2.47 bits per heavy atom. The molecule has 3 heterocycles. The van der Waals surface area contributed by atoms with Gasteiger partial charge in [0, 0.05) is 33.6 Å². The highest BCUT2D eigenvalue weighted by atomic mass is 32.1. The number of amides is 1. The number of rotatable bonds is 6. The standard InChI is InChI=1S/C24H21N7O2S/c1-14-11-15(2)26-22(25-14)27-18-9-7-16(8-10-18)21(32)28-23-29-24-31(30-23)20(13-34-24)17-5-4-6-19(12-17)33-3/h4-13H,1-3H3,(H,25,26,27)(H,28,30,32). The third-order valence-corrected chi connectivity index (χ3v) is 5.87. The van der Waals surface area contributed by atoms with Gasteiger partial charge in [-0.05, 0) is 56.3 Å². The average molecular weight is 472 g/mol. The van der Waals surface area contributed by atoms with Gasteiger partial charge in [0.05, 0.1) is 12.8 Å². The van der Waals surface area contributed by atoms with E-state index in [0.717, 1.165) is 34.1 Å². The number of nitrogens with one attached hydrogen (secondary N) is 2. The normalized spacial score (nSPS) is 10.9. The number of carbonyl (C=O) groups is 1. The zero-order valence-corrected chi connectivity index (χ0v) is 19.6. The van der Waals surface area contributed by atoms with Crippen LogP contribution < -0.4 is 15.4 Å². The van der Waals surface area contributed by atoms with Gasteiger partial charge in [0.1, 0.15) is 5.75 Å². The van der Waals surface area contributed by atoms with E-state index in [0.29, 0.717) is 16.5 Å². The minimum atomic E-state index is -0.296. The molecule has 0 saturated carbocycles. The van der Waals surface area contributed by atoms with Crippen molar-refractivity contribution in [1.29, 1.82) is 0 Å². The van der Waals surface area contributed by atoms with Crippen LogP contribution in [-0.2, 0) is 0 Å². The molecule has 0 saturated heterocycles. The number of thiazole rings is 1. The Morgan fingerprint density at radius 1 is 0.971 bits per heavy atom. The van der Waals surface area contributed by atoms with Crippen molar-refractivity contribution in [2.75, 3.05) is 17.7 Å². The molecule has 3 aromatic heterocycles. The van der Waals surface area contributed by atoms with Gasteiger partial charge in [0.25, 0.3) is 11.9 Å². The Kier molecular flexibility index (Phi) is 5.64. The topological polar surface area (TPSA) is 106 Å². The van der Waals surface area contributed by atoms with Gasteiger partial charge < -0.3 is 10.1 Å². The van der Waals surface area contributed by atoms with E-state index in [1.165, 1.54) is 11.3 Å². The van der Waals surface area contributed by atoms with Gasteiger partial charge in [-0.3, -0.25) is 10.1 Å². The SMILES string of the molecule is COc1cccc(-c2csc3nc(NC(=O)c4ccc(Nc5nc(C)cc(C)n5)cc4)nn23)c1. The molecule has 0 atom stereocenters. The third-order valence-electron chi connectivity index (χ3n) is 5.06. The number of ether oxygens (including phenoxy) is 1. The van der Waals surface area contributed by atoms with E-state index in [1.54, 1.807) is 35.9 Å². The Labute approximate surface area is 199 Å². The second kappa shape index (κ2) is 8.91. The summed E-state index contributed by atoms with van der Waals surface area (Å²) in [6, 6.07) is 16.7. The molecule has 0 aliphatic rings. The number of anilines is 3. The van der Waals surface area contributed by atoms with Crippen LogP contribution in [0.15, 0.2) is 60.0 Å². The number of fused-ring (bicyclic) bond motifs is 1. The Morgan fingerprint density at radius 2 is 1.74 bits per heavy atom. The number of benzene rings is 2. The lowest BCUT2D eigenvalue weighted by Gasteiger charge is -2.07. The summed E-state index contributed by atoms with van der Waals surface area (Å²) >= 11 is 1.45. The number of hydrogen-bond donors (Lipinski definition) is 2. The molecule has 170 valence electrons. The highest BCUT2D eigenvalue weighted by Gasteiger charge is 2.15. The van der Waals surface area contributed by atoms with Crippen LogP contribution in [0.5, 0.6) is 5.75 Å². The summed E-state index contributed by atoms with van der Waals surface area (Å²) in [6.45, 7) is 3.84. The molecule has 0 fully saturated rings. The molecule has 0 spiro atoms. The Balaban J connectivity index is 1.31. The summed E-state index contributed by atoms with van der Waals surface area (Å²) in [6.07, 6.45) is 0. The molecule has 9 nitrogen and oxygen atoms in total. The van der Waals surface area contributed by atoms with Crippen LogP contribution >= 0.6 is 11.3 Å². The van der Waals surface area contributed by atoms with Gasteiger partial charge in [-0.15, -0.1) is 16.4 Å². The number of aromatic nitrogens is 5. The average Bonchev–Trinajstić information content (AvgIpc) is 3.39. The van der Waals surface area contributed by atoms with Crippen LogP contribution in [0.25, 0.3) is 16.2 Å². The number of hydrogen-bond acceptors (Lipinski definition) is 8. The lowest BCUT2D eigenvalue weighted by molar-refractivity contribution is 0.102. The molecule has 34 heavy (non-hydrogen) atoms. The van der Waals surface area contributed by atoms with Crippen molar-refractivity contribution in [3.8, 4) is 17.0 Å². The van der Waals surface area contributed by atoms with Crippen LogP contribution in [0.4, 0.5) is 17.6 Å². The molecule has 5 aromatic rings. The van der Waals surface area contributed by atoms with Crippen molar-refractivity contribution in [3.05, 3.63) is 76.9 Å². The Hall–Kier alpha value is -4.31. The summed E-state index contributed by atoms with van der Waals surface area (Å²) in [5.74, 6) is 1.22. The molecule has 0 aliphatic heterocycles. The van der Waals surface area contributed by atoms with Crippen molar-refractivity contribution < 1.29 is 9.53 Å². The first-order valence-corrected chi connectivity index (χ1v) is 11.4. The van der Waals surface area contributed by atoms with Gasteiger partial charge in [0.2, 0.25) is 10.9 Å². The number of carbonyl (C=O) groups excluding carboxylic acids is 1. The first-order valence-electron chi connectivity index (χ1n) is 10.5. The van der Waals surface area contributed by atoms with Crippen LogP contribution in [0.3, 0.4) is 0 Å². The summed E-state index contributed by atoms with van der Waals surface area (Å²) < 4.78 is 7.03. The summed E-state index contributed by atoms with van der Waals surface area (Å²) in [4.78, 5) is 26.6. The molecule has 0 radical (unpaired) electrons. The summed E-state index contributed by atoms with van der Waals surface area (Å²) in [5.41, 5.74) is 4.85. The van der Waals surface area contributed by atoms with E-state index in [2.05, 4.69) is 30.7 Å². The number of nitrogens with zero attached hydrogens (tertiary/aromatic N) is 5. The predicted octanol–water partition coefficient (Wildman–Crippen LogP) is 4.87. The van der Waals surface area contributed by atoms with Crippen LogP contribution in [-0.4, -0.2) is 37.6 Å². The molecule has 10 heteroatoms. The minimum Gasteiger partial charge on any atom is -0.497 e. The van der Waals surface area contributed by atoms with Gasteiger partial charge in [-0.25, -0.2) is 14.5 Å². The first kappa shape index (κ1) is 21.5. The molecular formula is C24H21N7O2S. The monoisotopic (exact) mass is 471 g/mol. The first-order chi connectivity index (χ1) is 16.5. The highest BCUT2D eigenvalue weighted by Crippen LogP contribution is 2.28. The fourth-order valence-electron chi connectivity index (χ4n) is 3.50. The lowest BCUT2D eigenvalue weighted by atomic mass is 10.2. The zero-order chi connectivity index (χ0) is 23.7. The van der Waals surface area contributed by atoms with E-state index >= 15 is 0 Å². The van der Waals surface area contributed by atoms with Gasteiger partial charge >= 0.3 is 0 Å². The van der Waals surface area contributed by atoms with E-state index in [1.807, 2.05) is 49.6 Å². The van der Waals surface area contributed by atoms with Crippen molar-refractivity contribution >= 4 is 39.8 Å². The molecule has 2 N–H and O–H groups in total. The van der Waals surface area contributed by atoms with Crippen LogP contribution in [0, 0.1) is 13.8 Å². The van der Waals surface area contributed by atoms with E-state index in [-0.39, 0.29) is 11.9 Å². The maximum absolute atomic E-state index is 12.8. The van der Waals surface area contributed by atoms with Crippen molar-refractivity contribution in [2.45, 2.75) is 13.8 Å². The number of methoxy groups -OCH3 is 1. The van der Waals surface area contributed by atoms with Crippen molar-refractivity contribution in [3.63, 3.8) is 0 Å². The van der Waals surface area contributed by atoms with Gasteiger partial charge in [0.15, 0.2) is 0 Å². The minimum absolute atomic E-state index is 0.242. The van der Waals surface area contributed by atoms with Crippen LogP contribution in [0.2, 0.25) is 0 Å². The fourth-order valence-corrected chi connectivity index (χ4v) is 4.34. The second-order valence-corrected chi connectivity index (χ2v) is 8.45. The quantitative estimate of drug-likeness (QED) is 0.364. The Bertz CT molecular complexity index is 1470. The maximum Gasteiger partial charge on any atom is 0.258 e. The van der Waals surface area contributed by atoms with E-state index in [4.69, 9.17) is 4.74 Å². The fraction of sp³-hybridized carbons (Fsp3) is 0.125. The molecule has 1 amide bonds. The molecule has 5 rings (SSSR count). The third kappa shape index (κ3) is 4.44. The van der Waals surface area contributed by atoms with Gasteiger partial charge in [-0.1, -0.05) is 12.1 Å². The molecule has 0 unspecified atom stereocenters. The van der Waals surface area contributed by atoms with E-state index in [9.17, 15) is 4.79 Å². The molecular weight excluding hydrogens is 450 g/mol. The maximum atomic E-state index is 12.8. The number of aryl methyl sites for hydroxylation is 2. The van der Waals surface area contributed by atoms with Crippen molar-refractivity contribution in [2.24, 2.45) is 0 Å². The predicted molar refractivity (Wildman–Crippen MR) is 132 cm³/mol. The summed E-state index contributed by atoms with van der Waals surface area (Å²) in [5, 5.41) is 12.4. The molecule has 0 aliphatic carbocycles. The largest absolute Gasteiger partial charge is 0.497 e. The second-order valence-electron chi connectivity index (χ2n) is 7.61. The molecule has 2 aromatic carbocycles. The lowest BCUT2D eigenvalue weighted by Crippen LogP contribution is -2.13. The smallest absolute Gasteiger partial charge is 0.258 e. The van der Waals surface area contributed by atoms with Gasteiger partial charge in [-0.2, -0.15) is 4.98 Å². The van der Waals surface area contributed by atoms with Crippen LogP contribution in [0.1, 0.15) is 21.7 Å².